The van der Waals surface area contributed by atoms with Crippen LogP contribution in [0.1, 0.15) is 29.4 Å². The molecule has 2 heterocycles. The summed E-state index contributed by atoms with van der Waals surface area (Å²) in [6, 6.07) is 7.77. The van der Waals surface area contributed by atoms with E-state index in [0.29, 0.717) is 5.01 Å². The van der Waals surface area contributed by atoms with Crippen molar-refractivity contribution in [3.63, 3.8) is 0 Å². The number of aromatic amines is 1. The van der Waals surface area contributed by atoms with E-state index in [-0.39, 0.29) is 5.57 Å². The summed E-state index contributed by atoms with van der Waals surface area (Å²) in [5.41, 5.74) is 1.08. The zero-order chi connectivity index (χ0) is 16.7. The summed E-state index contributed by atoms with van der Waals surface area (Å²) in [5, 5.41) is 18.1. The van der Waals surface area contributed by atoms with E-state index < -0.39 is 0 Å². The van der Waals surface area contributed by atoms with Crippen molar-refractivity contribution >= 4 is 35.4 Å². The molecule has 0 aromatic carbocycles. The standard InChI is InChI=1S/C17H17N5S/c1-3-22(4-2)16-8-6-14(21-16)5-7-15-12-20-17(23-15)9-13(10-18)11-19/h5-9,12,21H,3-4H2,1-2H3/b7-5+. The smallest absolute Gasteiger partial charge is 0.132 e. The van der Waals surface area contributed by atoms with Gasteiger partial charge in [0.1, 0.15) is 28.5 Å². The van der Waals surface area contributed by atoms with E-state index in [9.17, 15) is 0 Å². The van der Waals surface area contributed by atoms with Gasteiger partial charge in [-0.25, -0.2) is 4.98 Å². The van der Waals surface area contributed by atoms with Crippen molar-refractivity contribution in [3.8, 4) is 12.1 Å². The van der Waals surface area contributed by atoms with Crippen LogP contribution in [-0.2, 0) is 0 Å². The first kappa shape index (κ1) is 16.5. The van der Waals surface area contributed by atoms with E-state index in [1.54, 1.807) is 6.20 Å². The average molecular weight is 323 g/mol. The third kappa shape index (κ3) is 4.32. The van der Waals surface area contributed by atoms with E-state index in [1.807, 2.05) is 30.4 Å². The molecule has 0 aliphatic heterocycles. The van der Waals surface area contributed by atoms with Crippen LogP contribution in [0, 0.1) is 22.7 Å². The van der Waals surface area contributed by atoms with Gasteiger partial charge in [-0.3, -0.25) is 0 Å². The zero-order valence-electron chi connectivity index (χ0n) is 13.1. The van der Waals surface area contributed by atoms with Crippen molar-refractivity contribution in [2.75, 3.05) is 18.0 Å². The molecule has 0 aliphatic rings. The molecular formula is C17H17N5S. The Morgan fingerprint density at radius 2 is 2.00 bits per heavy atom. The summed E-state index contributed by atoms with van der Waals surface area (Å²) < 4.78 is 0. The summed E-state index contributed by atoms with van der Waals surface area (Å²) in [6.45, 7) is 6.18. The van der Waals surface area contributed by atoms with E-state index in [4.69, 9.17) is 10.5 Å². The van der Waals surface area contributed by atoms with Crippen LogP contribution in [0.3, 0.4) is 0 Å². The second-order valence-electron chi connectivity index (χ2n) is 4.69. The van der Waals surface area contributed by atoms with Gasteiger partial charge in [0, 0.05) is 35.9 Å². The maximum absolute atomic E-state index is 8.75. The van der Waals surface area contributed by atoms with Crippen LogP contribution in [0.15, 0.2) is 23.9 Å². The Balaban J connectivity index is 2.10. The lowest BCUT2D eigenvalue weighted by molar-refractivity contribution is 0.850. The van der Waals surface area contributed by atoms with Crippen LogP contribution >= 0.6 is 11.3 Å². The lowest BCUT2D eigenvalue weighted by atomic mass is 10.3. The van der Waals surface area contributed by atoms with Crippen molar-refractivity contribution < 1.29 is 0 Å². The molecule has 2 rings (SSSR count). The Labute approximate surface area is 139 Å². The minimum atomic E-state index is 0.0584. The molecule has 2 aromatic heterocycles. The molecule has 1 N–H and O–H groups in total. The van der Waals surface area contributed by atoms with Gasteiger partial charge in [0.25, 0.3) is 0 Å². The number of thiazole rings is 1. The topological polar surface area (TPSA) is 79.5 Å². The van der Waals surface area contributed by atoms with Crippen molar-refractivity contribution in [2.45, 2.75) is 13.8 Å². The number of anilines is 1. The van der Waals surface area contributed by atoms with Crippen LogP contribution in [0.5, 0.6) is 0 Å². The van der Waals surface area contributed by atoms with Crippen molar-refractivity contribution in [3.05, 3.63) is 39.5 Å². The first-order valence-electron chi connectivity index (χ1n) is 7.29. The van der Waals surface area contributed by atoms with E-state index in [2.05, 4.69) is 34.8 Å². The van der Waals surface area contributed by atoms with Gasteiger partial charge >= 0.3 is 0 Å². The average Bonchev–Trinajstić information content (AvgIpc) is 3.21. The van der Waals surface area contributed by atoms with Gasteiger partial charge in [-0.05, 0) is 38.1 Å². The number of nitriles is 2. The predicted molar refractivity (Wildman–Crippen MR) is 94.6 cm³/mol. The molecule has 0 unspecified atom stereocenters. The second kappa shape index (κ2) is 7.98. The van der Waals surface area contributed by atoms with E-state index >= 15 is 0 Å². The lowest BCUT2D eigenvalue weighted by Gasteiger charge is -2.18. The van der Waals surface area contributed by atoms with Crippen LogP contribution in [0.4, 0.5) is 5.82 Å². The Morgan fingerprint density at radius 1 is 1.26 bits per heavy atom. The van der Waals surface area contributed by atoms with Gasteiger partial charge < -0.3 is 9.88 Å². The molecule has 0 fully saturated rings. The molecule has 0 bridgehead atoms. The molecule has 0 amide bonds. The van der Waals surface area contributed by atoms with Crippen LogP contribution in [0.25, 0.3) is 18.2 Å². The fourth-order valence-corrected chi connectivity index (χ4v) is 2.84. The molecule has 2 aromatic rings. The molecule has 23 heavy (non-hydrogen) atoms. The van der Waals surface area contributed by atoms with Gasteiger partial charge in [-0.1, -0.05) is 0 Å². The number of hydrogen-bond donors (Lipinski definition) is 1. The fraction of sp³-hybridized carbons (Fsp3) is 0.235. The highest BCUT2D eigenvalue weighted by atomic mass is 32.1. The van der Waals surface area contributed by atoms with Crippen LogP contribution in [0.2, 0.25) is 0 Å². The van der Waals surface area contributed by atoms with Gasteiger partial charge in [0.15, 0.2) is 0 Å². The molecule has 116 valence electrons. The number of hydrogen-bond acceptors (Lipinski definition) is 5. The van der Waals surface area contributed by atoms with Crippen molar-refractivity contribution in [1.29, 1.82) is 10.5 Å². The number of rotatable bonds is 6. The molecule has 0 aliphatic carbocycles. The Morgan fingerprint density at radius 3 is 2.65 bits per heavy atom. The molecule has 0 spiro atoms. The summed E-state index contributed by atoms with van der Waals surface area (Å²) in [5.74, 6) is 1.11. The molecule has 6 heteroatoms. The normalized spacial score (nSPS) is 10.3. The predicted octanol–water partition coefficient (Wildman–Crippen LogP) is 3.92. The number of nitrogens with zero attached hydrogens (tertiary/aromatic N) is 4. The maximum Gasteiger partial charge on any atom is 0.132 e. The largest absolute Gasteiger partial charge is 0.359 e. The monoisotopic (exact) mass is 323 g/mol. The van der Waals surface area contributed by atoms with E-state index in [1.165, 1.54) is 17.4 Å². The Hall–Kier alpha value is -2.83. The third-order valence-corrected chi connectivity index (χ3v) is 4.18. The number of H-pyrrole nitrogens is 1. The fourth-order valence-electron chi connectivity index (χ4n) is 2.08. The Kier molecular flexibility index (Phi) is 5.74. The minimum Gasteiger partial charge on any atom is -0.359 e. The molecule has 0 radical (unpaired) electrons. The van der Waals surface area contributed by atoms with Gasteiger partial charge in [0.05, 0.1) is 0 Å². The van der Waals surface area contributed by atoms with Crippen LogP contribution < -0.4 is 4.90 Å². The summed E-state index contributed by atoms with van der Waals surface area (Å²) in [4.78, 5) is 10.8. The van der Waals surface area contributed by atoms with Crippen LogP contribution in [-0.4, -0.2) is 23.1 Å². The molecule has 5 nitrogen and oxygen atoms in total. The van der Waals surface area contributed by atoms with Crippen molar-refractivity contribution in [1.82, 2.24) is 9.97 Å². The second-order valence-corrected chi connectivity index (χ2v) is 5.78. The number of allylic oxidation sites excluding steroid dienone is 1. The highest BCUT2D eigenvalue weighted by molar-refractivity contribution is 7.13. The molecular weight excluding hydrogens is 306 g/mol. The zero-order valence-corrected chi connectivity index (χ0v) is 13.9. The molecule has 0 saturated carbocycles. The highest BCUT2D eigenvalue weighted by Gasteiger charge is 2.03. The minimum absolute atomic E-state index is 0.0584. The number of nitrogens with one attached hydrogen (secondary N) is 1. The third-order valence-electron chi connectivity index (χ3n) is 3.27. The highest BCUT2D eigenvalue weighted by Crippen LogP contribution is 2.20. The molecule has 0 saturated heterocycles. The van der Waals surface area contributed by atoms with E-state index in [0.717, 1.165) is 29.5 Å². The first-order valence-corrected chi connectivity index (χ1v) is 8.11. The summed E-state index contributed by atoms with van der Waals surface area (Å²) in [7, 11) is 0. The quantitative estimate of drug-likeness (QED) is 0.817. The first-order chi connectivity index (χ1) is 11.2. The maximum atomic E-state index is 8.75. The Bertz CT molecular complexity index is 778. The van der Waals surface area contributed by atoms with Gasteiger partial charge in [-0.2, -0.15) is 10.5 Å². The SMILES string of the molecule is CCN(CC)c1ccc(/C=C/c2cnc(C=C(C#N)C#N)s2)[nH]1. The molecule has 0 atom stereocenters. The van der Waals surface area contributed by atoms with Gasteiger partial charge in [0.2, 0.25) is 0 Å². The summed E-state index contributed by atoms with van der Waals surface area (Å²) in [6.07, 6.45) is 7.18. The number of aromatic nitrogens is 2. The summed E-state index contributed by atoms with van der Waals surface area (Å²) >= 11 is 1.43. The van der Waals surface area contributed by atoms with Crippen molar-refractivity contribution in [2.24, 2.45) is 0 Å². The van der Waals surface area contributed by atoms with Gasteiger partial charge in [-0.15, -0.1) is 11.3 Å². The lowest BCUT2D eigenvalue weighted by Crippen LogP contribution is -2.21.